The van der Waals surface area contributed by atoms with E-state index in [9.17, 15) is 13.2 Å². The molecule has 0 spiro atoms. The van der Waals surface area contributed by atoms with Crippen molar-refractivity contribution in [2.45, 2.75) is 12.2 Å². The molecule has 0 saturated carbocycles. The topological polar surface area (TPSA) is 63.7 Å². The SMILES string of the molecule is CC(C(=O)N1CCOCC1)S(=O)(=O)Cl. The van der Waals surface area contributed by atoms with Gasteiger partial charge in [0.25, 0.3) is 0 Å². The fraction of sp³-hybridized carbons (Fsp3) is 0.857. The summed E-state index contributed by atoms with van der Waals surface area (Å²) < 4.78 is 26.8. The highest BCUT2D eigenvalue weighted by molar-refractivity contribution is 8.14. The molecule has 1 unspecified atom stereocenters. The van der Waals surface area contributed by atoms with Crippen molar-refractivity contribution in [2.75, 3.05) is 26.3 Å². The first-order valence-corrected chi connectivity index (χ1v) is 6.60. The lowest BCUT2D eigenvalue weighted by molar-refractivity contribution is -0.134. The number of amides is 1. The number of carbonyl (C=O) groups excluding carboxylic acids is 1. The van der Waals surface area contributed by atoms with Gasteiger partial charge in [0.2, 0.25) is 15.0 Å². The summed E-state index contributed by atoms with van der Waals surface area (Å²) in [6, 6.07) is 0. The van der Waals surface area contributed by atoms with Gasteiger partial charge < -0.3 is 9.64 Å². The Labute approximate surface area is 87.4 Å². The van der Waals surface area contributed by atoms with Crippen molar-refractivity contribution in [3.05, 3.63) is 0 Å². The number of hydrogen-bond acceptors (Lipinski definition) is 4. The van der Waals surface area contributed by atoms with E-state index in [0.29, 0.717) is 26.3 Å². The highest BCUT2D eigenvalue weighted by Gasteiger charge is 2.30. The molecule has 7 heteroatoms. The standard InChI is InChI=1S/C7H12ClNO4S/c1-6(14(8,11)12)7(10)9-2-4-13-5-3-9/h6H,2-5H2,1H3. The Bertz CT molecular complexity index is 310. The molecule has 1 aliphatic heterocycles. The third-order valence-electron chi connectivity index (χ3n) is 2.09. The van der Waals surface area contributed by atoms with E-state index in [1.54, 1.807) is 0 Å². The third kappa shape index (κ3) is 2.83. The number of nitrogens with zero attached hydrogens (tertiary/aromatic N) is 1. The lowest BCUT2D eigenvalue weighted by atomic mass is 10.3. The van der Waals surface area contributed by atoms with Crippen molar-refractivity contribution in [1.82, 2.24) is 4.90 Å². The smallest absolute Gasteiger partial charge is 0.244 e. The Balaban J connectivity index is 2.64. The summed E-state index contributed by atoms with van der Waals surface area (Å²) in [5, 5.41) is -1.18. The molecule has 5 nitrogen and oxygen atoms in total. The monoisotopic (exact) mass is 241 g/mol. The lowest BCUT2D eigenvalue weighted by Gasteiger charge is -2.28. The predicted molar refractivity (Wildman–Crippen MR) is 51.6 cm³/mol. The molecule has 0 N–H and O–H groups in total. The summed E-state index contributed by atoms with van der Waals surface area (Å²) in [6.45, 7) is 3.03. The molecular weight excluding hydrogens is 230 g/mol. The van der Waals surface area contributed by atoms with Gasteiger partial charge in [0, 0.05) is 23.8 Å². The number of carbonyl (C=O) groups is 1. The van der Waals surface area contributed by atoms with Crippen molar-refractivity contribution in [2.24, 2.45) is 0 Å². The summed E-state index contributed by atoms with van der Waals surface area (Å²) in [7, 11) is 1.28. The van der Waals surface area contributed by atoms with Gasteiger partial charge in [-0.15, -0.1) is 0 Å². The summed E-state index contributed by atoms with van der Waals surface area (Å²) in [6.07, 6.45) is 0. The molecule has 1 amide bonds. The number of hydrogen-bond donors (Lipinski definition) is 0. The van der Waals surface area contributed by atoms with E-state index in [-0.39, 0.29) is 0 Å². The summed E-state index contributed by atoms with van der Waals surface area (Å²) in [4.78, 5) is 13.0. The Kier molecular flexibility index (Phi) is 3.74. The Morgan fingerprint density at radius 2 is 1.93 bits per heavy atom. The van der Waals surface area contributed by atoms with Crippen molar-refractivity contribution < 1.29 is 17.9 Å². The molecule has 1 rings (SSSR count). The minimum Gasteiger partial charge on any atom is -0.378 e. The highest BCUT2D eigenvalue weighted by Crippen LogP contribution is 2.11. The Hall–Kier alpha value is -0.330. The second-order valence-corrected chi connectivity index (χ2v) is 6.00. The first-order chi connectivity index (χ1) is 6.43. The first-order valence-electron chi connectivity index (χ1n) is 4.23. The van der Waals surface area contributed by atoms with E-state index < -0.39 is 20.2 Å². The molecule has 0 radical (unpaired) electrons. The van der Waals surface area contributed by atoms with Crippen LogP contribution in [0.25, 0.3) is 0 Å². The molecule has 1 fully saturated rings. The van der Waals surface area contributed by atoms with Crippen LogP contribution in [0.15, 0.2) is 0 Å². The summed E-state index contributed by atoms with van der Waals surface area (Å²) >= 11 is 0. The van der Waals surface area contributed by atoms with Gasteiger partial charge in [0.1, 0.15) is 0 Å². The fourth-order valence-corrected chi connectivity index (χ4v) is 1.78. The normalized spacial score (nSPS) is 20.6. The van der Waals surface area contributed by atoms with E-state index in [1.807, 2.05) is 0 Å². The molecule has 0 aliphatic carbocycles. The van der Waals surface area contributed by atoms with Crippen molar-refractivity contribution in [1.29, 1.82) is 0 Å². The quantitative estimate of drug-likeness (QED) is 0.629. The molecule has 0 aromatic rings. The van der Waals surface area contributed by atoms with E-state index in [1.165, 1.54) is 11.8 Å². The van der Waals surface area contributed by atoms with E-state index in [2.05, 4.69) is 0 Å². The maximum Gasteiger partial charge on any atom is 0.244 e. The minimum atomic E-state index is -3.81. The van der Waals surface area contributed by atoms with Crippen molar-refractivity contribution in [3.63, 3.8) is 0 Å². The maximum atomic E-state index is 11.6. The average molecular weight is 242 g/mol. The van der Waals surface area contributed by atoms with Crippen LogP contribution in [0.4, 0.5) is 0 Å². The summed E-state index contributed by atoms with van der Waals surface area (Å²) in [5.74, 6) is -0.455. The third-order valence-corrected chi connectivity index (χ3v) is 3.94. The van der Waals surface area contributed by atoms with Gasteiger partial charge >= 0.3 is 0 Å². The number of ether oxygens (including phenoxy) is 1. The molecule has 0 aromatic heterocycles. The van der Waals surface area contributed by atoms with E-state index in [4.69, 9.17) is 15.4 Å². The molecule has 1 atom stereocenters. The number of rotatable bonds is 2. The second-order valence-electron chi connectivity index (χ2n) is 3.06. The Morgan fingerprint density at radius 3 is 2.36 bits per heavy atom. The highest BCUT2D eigenvalue weighted by atomic mass is 35.7. The average Bonchev–Trinajstić information content (AvgIpc) is 2.15. The van der Waals surface area contributed by atoms with Gasteiger partial charge in [-0.3, -0.25) is 4.79 Å². The van der Waals surface area contributed by atoms with Crippen LogP contribution in [-0.2, 0) is 18.6 Å². The molecule has 1 aliphatic rings. The largest absolute Gasteiger partial charge is 0.378 e. The first kappa shape index (κ1) is 11.7. The van der Waals surface area contributed by atoms with Gasteiger partial charge in [-0.05, 0) is 6.92 Å². The van der Waals surface area contributed by atoms with Crippen molar-refractivity contribution in [3.8, 4) is 0 Å². The fourth-order valence-electron chi connectivity index (χ4n) is 1.16. The van der Waals surface area contributed by atoms with E-state index in [0.717, 1.165) is 0 Å². The van der Waals surface area contributed by atoms with Gasteiger partial charge in [0.05, 0.1) is 13.2 Å². The minimum absolute atomic E-state index is 0.426. The van der Waals surface area contributed by atoms with Crippen LogP contribution in [0.3, 0.4) is 0 Å². The van der Waals surface area contributed by atoms with Crippen molar-refractivity contribution >= 4 is 25.6 Å². The zero-order chi connectivity index (χ0) is 10.8. The molecule has 0 aromatic carbocycles. The second kappa shape index (κ2) is 4.46. The molecule has 14 heavy (non-hydrogen) atoms. The van der Waals surface area contributed by atoms with Crippen LogP contribution in [0.1, 0.15) is 6.92 Å². The van der Waals surface area contributed by atoms with E-state index >= 15 is 0 Å². The lowest BCUT2D eigenvalue weighted by Crippen LogP contribution is -2.46. The van der Waals surface area contributed by atoms with Crippen LogP contribution in [0.2, 0.25) is 0 Å². The number of morpholine rings is 1. The van der Waals surface area contributed by atoms with Crippen LogP contribution >= 0.6 is 10.7 Å². The van der Waals surface area contributed by atoms with Gasteiger partial charge in [-0.2, -0.15) is 0 Å². The predicted octanol–water partition coefficient (Wildman–Crippen LogP) is -0.198. The van der Waals surface area contributed by atoms with Gasteiger partial charge in [-0.25, -0.2) is 8.42 Å². The van der Waals surface area contributed by atoms with Crippen LogP contribution in [-0.4, -0.2) is 50.8 Å². The van der Waals surface area contributed by atoms with Gasteiger partial charge in [0.15, 0.2) is 5.25 Å². The zero-order valence-electron chi connectivity index (χ0n) is 7.77. The maximum absolute atomic E-state index is 11.6. The zero-order valence-corrected chi connectivity index (χ0v) is 9.34. The molecule has 82 valence electrons. The Morgan fingerprint density at radius 1 is 1.43 bits per heavy atom. The number of halogens is 1. The molecular formula is C7H12ClNO4S. The molecule has 1 heterocycles. The van der Waals surface area contributed by atoms with Crippen LogP contribution in [0.5, 0.6) is 0 Å². The van der Waals surface area contributed by atoms with Gasteiger partial charge in [-0.1, -0.05) is 0 Å². The summed E-state index contributed by atoms with van der Waals surface area (Å²) in [5.41, 5.74) is 0. The molecule has 1 saturated heterocycles. The van der Waals surface area contributed by atoms with Crippen LogP contribution in [0, 0.1) is 0 Å². The molecule has 0 bridgehead atoms. The van der Waals surface area contributed by atoms with Crippen LogP contribution < -0.4 is 0 Å².